The highest BCUT2D eigenvalue weighted by molar-refractivity contribution is 7.09. The van der Waals surface area contributed by atoms with E-state index in [1.807, 2.05) is 36.2 Å². The lowest BCUT2D eigenvalue weighted by Crippen LogP contribution is -2.48. The summed E-state index contributed by atoms with van der Waals surface area (Å²) < 4.78 is 31.7. The van der Waals surface area contributed by atoms with E-state index >= 15 is 0 Å². The Morgan fingerprint density at radius 2 is 2.03 bits per heavy atom. The second-order valence-corrected chi connectivity index (χ2v) is 8.69. The van der Waals surface area contributed by atoms with Gasteiger partial charge in [0.15, 0.2) is 0 Å². The summed E-state index contributed by atoms with van der Waals surface area (Å²) in [6.07, 6.45) is -0.282. The summed E-state index contributed by atoms with van der Waals surface area (Å²) in [4.78, 5) is 35.3. The van der Waals surface area contributed by atoms with Crippen molar-refractivity contribution in [3.05, 3.63) is 40.5 Å². The number of amides is 1. The Morgan fingerprint density at radius 1 is 1.29 bits per heavy atom. The quantitative estimate of drug-likeness (QED) is 0.761. The number of likely N-dealkylation sites (tertiary alicyclic amines) is 1. The molecule has 2 saturated heterocycles. The highest BCUT2D eigenvalue weighted by atomic mass is 32.1. The number of aliphatic carboxylic acids is 1. The van der Waals surface area contributed by atoms with E-state index in [4.69, 9.17) is 9.90 Å². The number of thiazole rings is 1. The Morgan fingerprint density at radius 3 is 2.61 bits per heavy atom. The van der Waals surface area contributed by atoms with Gasteiger partial charge in [-0.25, -0.2) is 14.8 Å². The van der Waals surface area contributed by atoms with E-state index in [2.05, 4.69) is 20.2 Å². The van der Waals surface area contributed by atoms with E-state index in [1.165, 1.54) is 0 Å². The predicted molar refractivity (Wildman–Crippen MR) is 109 cm³/mol. The molecular formula is C20H23F3N4O3S. The Balaban J connectivity index is 0.000000339. The van der Waals surface area contributed by atoms with E-state index < -0.39 is 12.1 Å². The maximum absolute atomic E-state index is 13.1. The fraction of sp³-hybridized carbons (Fsp3) is 0.500. The number of carbonyl (C=O) groups excluding carboxylic acids is 1. The number of alkyl halides is 3. The zero-order valence-electron chi connectivity index (χ0n) is 16.9. The van der Waals surface area contributed by atoms with E-state index in [9.17, 15) is 18.0 Å². The Bertz CT molecular complexity index is 922. The summed E-state index contributed by atoms with van der Waals surface area (Å²) in [7, 11) is 0. The molecule has 1 spiro atoms. The maximum Gasteiger partial charge on any atom is 0.490 e. The van der Waals surface area contributed by atoms with Gasteiger partial charge in [-0.15, -0.1) is 11.3 Å². The number of carboxylic acid groups (broad SMARTS) is 1. The van der Waals surface area contributed by atoms with Crippen LogP contribution in [0.5, 0.6) is 0 Å². The van der Waals surface area contributed by atoms with Gasteiger partial charge in [0.2, 0.25) is 5.91 Å². The molecule has 2 aliphatic rings. The summed E-state index contributed by atoms with van der Waals surface area (Å²) in [6, 6.07) is 5.98. The highest BCUT2D eigenvalue weighted by Crippen LogP contribution is 2.41. The molecule has 4 rings (SSSR count). The van der Waals surface area contributed by atoms with Gasteiger partial charge in [0.05, 0.1) is 22.7 Å². The fourth-order valence-electron chi connectivity index (χ4n) is 3.97. The van der Waals surface area contributed by atoms with Crippen LogP contribution in [-0.2, 0) is 16.1 Å². The van der Waals surface area contributed by atoms with Gasteiger partial charge in [0.25, 0.3) is 0 Å². The average Bonchev–Trinajstić information content (AvgIpc) is 3.27. The molecule has 2 fully saturated rings. The summed E-state index contributed by atoms with van der Waals surface area (Å²) in [5.74, 6) is -1.47. The van der Waals surface area contributed by atoms with Gasteiger partial charge < -0.3 is 14.9 Å². The molecule has 0 aliphatic carbocycles. The number of piperidine rings is 1. The largest absolute Gasteiger partial charge is 0.490 e. The molecule has 2 aromatic heterocycles. The first-order chi connectivity index (χ1) is 14.6. The Kier molecular flexibility index (Phi) is 6.83. The number of aromatic nitrogens is 2. The molecule has 11 heteroatoms. The van der Waals surface area contributed by atoms with Crippen molar-refractivity contribution in [2.75, 3.05) is 24.5 Å². The van der Waals surface area contributed by atoms with Crippen molar-refractivity contribution in [1.82, 2.24) is 14.9 Å². The highest BCUT2D eigenvalue weighted by Gasteiger charge is 2.49. The zero-order valence-corrected chi connectivity index (χ0v) is 17.7. The number of hydrogen-bond acceptors (Lipinski definition) is 6. The normalized spacial score (nSPS) is 21.2. The molecular weight excluding hydrogens is 433 g/mol. The SMILES string of the molecule is Cc1nc(CN2CCC3(CCCN(c4ccccn4)C3)C2=O)cs1.O=C(O)C(F)(F)F. The standard InChI is InChI=1S/C18H22N4OS.C2HF3O2/c1-14-20-15(12-24-14)11-21-10-7-18(17(21)23)6-4-9-22(13-18)16-5-2-3-8-19-16;3-2(4,5)1(6)7/h2-3,5,8,12H,4,6-7,9-11,13H2,1H3;(H,6,7). The number of halogens is 3. The van der Waals surface area contributed by atoms with Crippen LogP contribution >= 0.6 is 11.3 Å². The van der Waals surface area contributed by atoms with Crippen LogP contribution < -0.4 is 4.90 Å². The lowest BCUT2D eigenvalue weighted by molar-refractivity contribution is -0.192. The van der Waals surface area contributed by atoms with Gasteiger partial charge in [0, 0.05) is 31.2 Å². The van der Waals surface area contributed by atoms with Crippen molar-refractivity contribution in [1.29, 1.82) is 0 Å². The van der Waals surface area contributed by atoms with Gasteiger partial charge in [-0.2, -0.15) is 13.2 Å². The number of pyridine rings is 1. The number of nitrogens with zero attached hydrogens (tertiary/aromatic N) is 4. The first kappa shape index (κ1) is 23.0. The number of hydrogen-bond donors (Lipinski definition) is 1. The van der Waals surface area contributed by atoms with E-state index in [-0.39, 0.29) is 5.41 Å². The Hall–Kier alpha value is -2.69. The van der Waals surface area contributed by atoms with Crippen molar-refractivity contribution in [3.63, 3.8) is 0 Å². The van der Waals surface area contributed by atoms with Gasteiger partial charge in [-0.3, -0.25) is 4.79 Å². The molecule has 4 heterocycles. The van der Waals surface area contributed by atoms with Crippen LogP contribution in [0.15, 0.2) is 29.8 Å². The molecule has 1 unspecified atom stereocenters. The molecule has 7 nitrogen and oxygen atoms in total. The van der Waals surface area contributed by atoms with Crippen molar-refractivity contribution in [2.24, 2.45) is 5.41 Å². The van der Waals surface area contributed by atoms with E-state index in [1.54, 1.807) is 11.3 Å². The summed E-state index contributed by atoms with van der Waals surface area (Å²) in [5.41, 5.74) is 0.779. The van der Waals surface area contributed by atoms with E-state index in [0.29, 0.717) is 12.5 Å². The third kappa shape index (κ3) is 5.52. The molecule has 0 bridgehead atoms. The van der Waals surface area contributed by atoms with Gasteiger partial charge >= 0.3 is 12.1 Å². The monoisotopic (exact) mass is 456 g/mol. The van der Waals surface area contributed by atoms with E-state index in [0.717, 1.165) is 55.4 Å². The van der Waals surface area contributed by atoms with Gasteiger partial charge in [-0.1, -0.05) is 6.07 Å². The van der Waals surface area contributed by atoms with Crippen molar-refractivity contribution < 1.29 is 27.9 Å². The molecule has 1 atom stereocenters. The van der Waals surface area contributed by atoms with Crippen molar-refractivity contribution >= 4 is 29.0 Å². The second kappa shape index (κ2) is 9.21. The molecule has 31 heavy (non-hydrogen) atoms. The Labute approximate surface area is 181 Å². The topological polar surface area (TPSA) is 86.6 Å². The lowest BCUT2D eigenvalue weighted by Gasteiger charge is -2.39. The molecule has 1 amide bonds. The van der Waals surface area contributed by atoms with Crippen LogP contribution in [-0.4, -0.2) is 57.7 Å². The van der Waals surface area contributed by atoms with Crippen LogP contribution in [0.4, 0.5) is 19.0 Å². The number of aryl methyl sites for hydroxylation is 1. The minimum Gasteiger partial charge on any atom is -0.475 e. The third-order valence-corrected chi connectivity index (χ3v) is 6.24. The molecule has 1 N–H and O–H groups in total. The van der Waals surface area contributed by atoms with Gasteiger partial charge in [0.1, 0.15) is 5.82 Å². The number of carboxylic acids is 1. The van der Waals surface area contributed by atoms with Crippen molar-refractivity contribution in [2.45, 2.75) is 38.9 Å². The summed E-state index contributed by atoms with van der Waals surface area (Å²) in [6.45, 7) is 5.26. The molecule has 168 valence electrons. The van der Waals surface area contributed by atoms with Crippen LogP contribution in [0.2, 0.25) is 0 Å². The summed E-state index contributed by atoms with van der Waals surface area (Å²) >= 11 is 1.65. The first-order valence-electron chi connectivity index (χ1n) is 9.77. The zero-order chi connectivity index (χ0) is 22.6. The van der Waals surface area contributed by atoms with Crippen LogP contribution in [0.3, 0.4) is 0 Å². The number of rotatable bonds is 3. The van der Waals surface area contributed by atoms with Gasteiger partial charge in [-0.05, 0) is 38.3 Å². The second-order valence-electron chi connectivity index (χ2n) is 7.63. The predicted octanol–water partition coefficient (Wildman–Crippen LogP) is 3.50. The maximum atomic E-state index is 13.1. The fourth-order valence-corrected chi connectivity index (χ4v) is 4.57. The number of anilines is 1. The van der Waals surface area contributed by atoms with Crippen molar-refractivity contribution in [3.8, 4) is 0 Å². The molecule has 0 saturated carbocycles. The van der Waals surface area contributed by atoms with Crippen LogP contribution in [0.1, 0.15) is 30.0 Å². The first-order valence-corrected chi connectivity index (χ1v) is 10.7. The number of carbonyl (C=O) groups is 2. The molecule has 2 aliphatic heterocycles. The molecule has 0 radical (unpaired) electrons. The molecule has 0 aromatic carbocycles. The lowest BCUT2D eigenvalue weighted by atomic mass is 9.78. The summed E-state index contributed by atoms with van der Waals surface area (Å²) in [5, 5.41) is 10.2. The smallest absolute Gasteiger partial charge is 0.475 e. The average molecular weight is 456 g/mol. The molecule has 2 aromatic rings. The third-order valence-electron chi connectivity index (χ3n) is 5.41. The van der Waals surface area contributed by atoms with Crippen LogP contribution in [0.25, 0.3) is 0 Å². The van der Waals surface area contributed by atoms with Crippen LogP contribution in [0, 0.1) is 12.3 Å². The minimum absolute atomic E-state index is 0.235. The minimum atomic E-state index is -5.08.